The number of ether oxygens (including phenoxy) is 3. The first-order valence-corrected chi connectivity index (χ1v) is 9.37. The van der Waals surface area contributed by atoms with Gasteiger partial charge in [-0.2, -0.15) is 0 Å². The second-order valence-corrected chi connectivity index (χ2v) is 8.26. The van der Waals surface area contributed by atoms with Gasteiger partial charge < -0.3 is 19.5 Å². The number of alkyl carbamates (subject to hydrolysis) is 1. The van der Waals surface area contributed by atoms with Crippen LogP contribution in [0.1, 0.15) is 50.8 Å². The molecule has 150 valence electrons. The number of benzene rings is 1. The van der Waals surface area contributed by atoms with E-state index >= 15 is 0 Å². The van der Waals surface area contributed by atoms with Crippen LogP contribution in [0, 0.1) is 26.7 Å². The summed E-state index contributed by atoms with van der Waals surface area (Å²) in [4.78, 5) is 24.7. The van der Waals surface area contributed by atoms with Crippen molar-refractivity contribution in [3.63, 3.8) is 0 Å². The monoisotopic (exact) mass is 377 g/mol. The maximum absolute atomic E-state index is 12.5. The molecule has 0 spiro atoms. The van der Waals surface area contributed by atoms with Gasteiger partial charge in [-0.15, -0.1) is 0 Å². The fourth-order valence-electron chi connectivity index (χ4n) is 3.31. The summed E-state index contributed by atoms with van der Waals surface area (Å²) in [7, 11) is 0. The van der Waals surface area contributed by atoms with Gasteiger partial charge in [0, 0.05) is 5.92 Å². The van der Waals surface area contributed by atoms with Crippen molar-refractivity contribution in [1.29, 1.82) is 0 Å². The molecule has 0 unspecified atom stereocenters. The molecular weight excluding hydrogens is 346 g/mol. The lowest BCUT2D eigenvalue weighted by Gasteiger charge is -2.23. The van der Waals surface area contributed by atoms with Crippen LogP contribution in [0.3, 0.4) is 0 Å². The zero-order chi connectivity index (χ0) is 20.4. The molecule has 27 heavy (non-hydrogen) atoms. The van der Waals surface area contributed by atoms with E-state index in [4.69, 9.17) is 14.2 Å². The number of amides is 1. The van der Waals surface area contributed by atoms with Gasteiger partial charge in [0.25, 0.3) is 0 Å². The van der Waals surface area contributed by atoms with Gasteiger partial charge in [0.15, 0.2) is 0 Å². The molecule has 1 aliphatic carbocycles. The Bertz CT molecular complexity index is 699. The minimum absolute atomic E-state index is 0.163. The Morgan fingerprint density at radius 1 is 1.19 bits per heavy atom. The molecule has 0 saturated heterocycles. The molecule has 0 aliphatic heterocycles. The third kappa shape index (κ3) is 5.15. The molecule has 2 rings (SSSR count). The molecule has 6 heteroatoms. The van der Waals surface area contributed by atoms with Crippen LogP contribution in [0.4, 0.5) is 4.79 Å². The SMILES string of the molecule is CCOC(=O)[C@]1(NC(=O)OC(C)(C)C)C[C@@H]1COc1c(C)cc(C)cc1C. The predicted octanol–water partition coefficient (Wildman–Crippen LogP) is 3.84. The van der Waals surface area contributed by atoms with Gasteiger partial charge in [-0.25, -0.2) is 9.59 Å². The maximum Gasteiger partial charge on any atom is 0.408 e. The second kappa shape index (κ2) is 7.79. The normalized spacial score (nSPS) is 21.4. The van der Waals surface area contributed by atoms with Crippen LogP contribution < -0.4 is 10.1 Å². The highest BCUT2D eigenvalue weighted by Crippen LogP contribution is 2.45. The highest BCUT2D eigenvalue weighted by molar-refractivity contribution is 5.89. The molecular formula is C21H31NO5. The van der Waals surface area contributed by atoms with E-state index in [1.165, 1.54) is 5.56 Å². The molecule has 1 saturated carbocycles. The Morgan fingerprint density at radius 2 is 1.78 bits per heavy atom. The van der Waals surface area contributed by atoms with Gasteiger partial charge in [-0.1, -0.05) is 17.7 Å². The lowest BCUT2D eigenvalue weighted by Crippen LogP contribution is -2.48. The van der Waals surface area contributed by atoms with E-state index in [2.05, 4.69) is 17.4 Å². The second-order valence-electron chi connectivity index (χ2n) is 8.26. The van der Waals surface area contributed by atoms with Crippen LogP contribution in [0.5, 0.6) is 5.75 Å². The van der Waals surface area contributed by atoms with Crippen LogP contribution in [-0.4, -0.2) is 36.4 Å². The Morgan fingerprint density at radius 3 is 2.30 bits per heavy atom. The molecule has 0 radical (unpaired) electrons. The van der Waals surface area contributed by atoms with Crippen LogP contribution in [0.25, 0.3) is 0 Å². The summed E-state index contributed by atoms with van der Waals surface area (Å²) in [5.74, 6) is 0.216. The molecule has 6 nitrogen and oxygen atoms in total. The first-order valence-electron chi connectivity index (χ1n) is 9.37. The van der Waals surface area contributed by atoms with Crippen molar-refractivity contribution < 1.29 is 23.8 Å². The van der Waals surface area contributed by atoms with Gasteiger partial charge in [-0.3, -0.25) is 0 Å². The molecule has 2 atom stereocenters. The summed E-state index contributed by atoms with van der Waals surface area (Å²) in [6.45, 7) is 13.7. The van der Waals surface area contributed by atoms with Gasteiger partial charge in [0.1, 0.15) is 16.9 Å². The number of hydrogen-bond donors (Lipinski definition) is 1. The van der Waals surface area contributed by atoms with Crippen molar-refractivity contribution in [3.05, 3.63) is 28.8 Å². The van der Waals surface area contributed by atoms with Crippen molar-refractivity contribution in [1.82, 2.24) is 5.32 Å². The van der Waals surface area contributed by atoms with Crippen LogP contribution in [0.15, 0.2) is 12.1 Å². The first kappa shape index (κ1) is 21.1. The quantitative estimate of drug-likeness (QED) is 0.763. The van der Waals surface area contributed by atoms with Crippen molar-refractivity contribution in [3.8, 4) is 5.75 Å². The van der Waals surface area contributed by atoms with Gasteiger partial charge in [0.05, 0.1) is 13.2 Å². The molecule has 0 heterocycles. The topological polar surface area (TPSA) is 73.9 Å². The third-order valence-corrected chi connectivity index (χ3v) is 4.50. The Labute approximate surface area is 161 Å². The molecule has 1 fully saturated rings. The molecule has 1 N–H and O–H groups in total. The fraction of sp³-hybridized carbons (Fsp3) is 0.619. The third-order valence-electron chi connectivity index (χ3n) is 4.50. The fourth-order valence-corrected chi connectivity index (χ4v) is 3.31. The van der Waals surface area contributed by atoms with Crippen molar-refractivity contribution in [2.45, 2.75) is 66.0 Å². The Hall–Kier alpha value is -2.24. The first-order chi connectivity index (χ1) is 12.5. The van der Waals surface area contributed by atoms with E-state index in [9.17, 15) is 9.59 Å². The summed E-state index contributed by atoms with van der Waals surface area (Å²) in [5, 5.41) is 2.72. The summed E-state index contributed by atoms with van der Waals surface area (Å²) in [6, 6.07) is 4.12. The average molecular weight is 377 g/mol. The summed E-state index contributed by atoms with van der Waals surface area (Å²) >= 11 is 0. The minimum atomic E-state index is -1.08. The van der Waals surface area contributed by atoms with Gasteiger partial charge in [-0.05, 0) is 66.0 Å². The van der Waals surface area contributed by atoms with Gasteiger partial charge >= 0.3 is 12.1 Å². The molecule has 0 bridgehead atoms. The number of hydrogen-bond acceptors (Lipinski definition) is 5. The van der Waals surface area contributed by atoms with E-state index in [1.807, 2.05) is 20.8 Å². The summed E-state index contributed by atoms with van der Waals surface area (Å²) in [6.07, 6.45) is -0.157. The smallest absolute Gasteiger partial charge is 0.408 e. The number of esters is 1. The van der Waals surface area contributed by atoms with Crippen LogP contribution in [-0.2, 0) is 14.3 Å². The van der Waals surface area contributed by atoms with Crippen LogP contribution in [0.2, 0.25) is 0 Å². The predicted molar refractivity (Wildman–Crippen MR) is 103 cm³/mol. The molecule has 0 aromatic heterocycles. The number of nitrogens with one attached hydrogen (secondary N) is 1. The van der Waals surface area contributed by atoms with E-state index in [1.54, 1.807) is 27.7 Å². The van der Waals surface area contributed by atoms with E-state index in [-0.39, 0.29) is 12.5 Å². The van der Waals surface area contributed by atoms with E-state index in [0.717, 1.165) is 16.9 Å². The number of carbonyl (C=O) groups is 2. The largest absolute Gasteiger partial charge is 0.493 e. The highest BCUT2D eigenvalue weighted by atomic mass is 16.6. The summed E-state index contributed by atoms with van der Waals surface area (Å²) in [5.41, 5.74) is 1.56. The lowest BCUT2D eigenvalue weighted by atomic mass is 10.1. The van der Waals surface area contributed by atoms with Gasteiger partial charge in [0.2, 0.25) is 0 Å². The van der Waals surface area contributed by atoms with Crippen LogP contribution >= 0.6 is 0 Å². The zero-order valence-electron chi connectivity index (χ0n) is 17.4. The Balaban J connectivity index is 2.08. The number of rotatable bonds is 6. The summed E-state index contributed by atoms with van der Waals surface area (Å²) < 4.78 is 16.5. The average Bonchev–Trinajstić information content (AvgIpc) is 3.18. The number of carbonyl (C=O) groups excluding carboxylic acids is 2. The van der Waals surface area contributed by atoms with Crippen molar-refractivity contribution in [2.75, 3.05) is 13.2 Å². The minimum Gasteiger partial charge on any atom is -0.493 e. The lowest BCUT2D eigenvalue weighted by molar-refractivity contribution is -0.147. The van der Waals surface area contributed by atoms with E-state index in [0.29, 0.717) is 13.0 Å². The molecule has 1 aromatic rings. The molecule has 1 aromatic carbocycles. The number of aryl methyl sites for hydroxylation is 3. The van der Waals surface area contributed by atoms with Crippen molar-refractivity contribution >= 4 is 12.1 Å². The standard InChI is InChI=1S/C21H31NO5/c1-8-25-18(23)21(22-19(24)27-20(5,6)7)11-16(21)12-26-17-14(3)9-13(2)10-15(17)4/h9-10,16H,8,11-12H2,1-7H3,(H,22,24)/t16-,21+/m1/s1. The molecule has 1 aliphatic rings. The maximum atomic E-state index is 12.5. The zero-order valence-corrected chi connectivity index (χ0v) is 17.4. The van der Waals surface area contributed by atoms with E-state index < -0.39 is 23.2 Å². The van der Waals surface area contributed by atoms with Crippen molar-refractivity contribution in [2.24, 2.45) is 5.92 Å². The Kier molecular flexibility index (Phi) is 6.07. The highest BCUT2D eigenvalue weighted by Gasteiger charge is 2.63. The molecule has 1 amide bonds.